The summed E-state index contributed by atoms with van der Waals surface area (Å²) in [6.45, 7) is 4.62. The zero-order valence-corrected chi connectivity index (χ0v) is 19.1. The Kier molecular flexibility index (Phi) is 4.62. The van der Waals surface area contributed by atoms with Gasteiger partial charge in [-0.15, -0.1) is 10.2 Å². The fourth-order valence-corrected chi connectivity index (χ4v) is 4.64. The second-order valence-electron chi connectivity index (χ2n) is 9.80. The van der Waals surface area contributed by atoms with Crippen molar-refractivity contribution in [3.05, 3.63) is 59.5 Å². The van der Waals surface area contributed by atoms with E-state index in [4.69, 9.17) is 9.47 Å². The number of anilines is 1. The molecule has 0 unspecified atom stereocenters. The highest BCUT2D eigenvalue weighted by molar-refractivity contribution is 6.02. The van der Waals surface area contributed by atoms with E-state index < -0.39 is 5.41 Å². The number of rotatable bonds is 7. The highest BCUT2D eigenvalue weighted by atomic mass is 16.7. The number of fused-ring (bicyclic) bond motifs is 2. The van der Waals surface area contributed by atoms with Gasteiger partial charge in [0.25, 0.3) is 0 Å². The topological polar surface area (TPSA) is 118 Å². The molecule has 3 heterocycles. The van der Waals surface area contributed by atoms with Gasteiger partial charge in [-0.05, 0) is 61.2 Å². The predicted octanol–water partition coefficient (Wildman–Crippen LogP) is 4.48. The minimum Gasteiger partial charge on any atom is -0.454 e. The summed E-state index contributed by atoms with van der Waals surface area (Å²) in [5, 5.41) is 18.4. The lowest BCUT2D eigenvalue weighted by molar-refractivity contribution is -0.118. The number of nitrogens with zero attached hydrogens (tertiary/aromatic N) is 3. The Balaban J connectivity index is 0.00000152. The van der Waals surface area contributed by atoms with Crippen LogP contribution in [0.25, 0.3) is 10.9 Å². The molecule has 2 aromatic carbocycles. The van der Waals surface area contributed by atoms with E-state index in [1.807, 2.05) is 36.4 Å². The number of aromatic amines is 2. The number of aromatic nitrogens is 5. The van der Waals surface area contributed by atoms with Crippen molar-refractivity contribution in [2.24, 2.45) is 0 Å². The van der Waals surface area contributed by atoms with E-state index in [1.54, 1.807) is 0 Å². The number of H-pyrrole nitrogens is 2. The third-order valence-electron chi connectivity index (χ3n) is 7.08. The number of hydrogen-bond donors (Lipinski definition) is 3. The molecule has 0 bridgehead atoms. The van der Waals surface area contributed by atoms with Crippen molar-refractivity contribution in [1.82, 2.24) is 25.6 Å². The van der Waals surface area contributed by atoms with Crippen LogP contribution in [-0.4, -0.2) is 38.3 Å². The number of aryl methyl sites for hydroxylation is 1. The molecule has 0 radical (unpaired) electrons. The van der Waals surface area contributed by atoms with Crippen molar-refractivity contribution in [2.45, 2.75) is 50.4 Å². The average molecular weight is 463 g/mol. The molecule has 3 N–H and O–H groups in total. The van der Waals surface area contributed by atoms with Gasteiger partial charge in [-0.2, -0.15) is 5.21 Å². The number of carbonyl (C=O) groups excluding carboxylic acids is 1. The fourth-order valence-electron chi connectivity index (χ4n) is 4.64. The summed E-state index contributed by atoms with van der Waals surface area (Å²) in [6, 6.07) is 13.9. The summed E-state index contributed by atoms with van der Waals surface area (Å²) in [5.41, 5.74) is 3.34. The van der Waals surface area contributed by atoms with E-state index in [-0.39, 0.29) is 21.0 Å². The Hall–Kier alpha value is -3.88. The largest absolute Gasteiger partial charge is 0.454 e. The molecule has 0 saturated heterocycles. The van der Waals surface area contributed by atoms with Crippen LogP contribution in [0.2, 0.25) is 0 Å². The van der Waals surface area contributed by atoms with Crippen LogP contribution in [0.3, 0.4) is 0 Å². The van der Waals surface area contributed by atoms with Crippen molar-refractivity contribution < 1.29 is 17.1 Å². The molecule has 2 aliphatic rings. The molecule has 0 atom stereocenters. The summed E-state index contributed by atoms with van der Waals surface area (Å²) in [6.07, 6.45) is 3.26. The van der Waals surface area contributed by atoms with Gasteiger partial charge in [0.2, 0.25) is 12.7 Å². The van der Waals surface area contributed by atoms with Crippen LogP contribution in [0, 0.1) is 0 Å². The molecule has 1 aliphatic carbocycles. The lowest BCUT2D eigenvalue weighted by atomic mass is 9.84. The predicted molar refractivity (Wildman–Crippen MR) is 130 cm³/mol. The zero-order chi connectivity index (χ0) is 23.3. The van der Waals surface area contributed by atoms with E-state index >= 15 is 0 Å². The Morgan fingerprint density at radius 1 is 1.15 bits per heavy atom. The highest BCUT2D eigenvalue weighted by Crippen LogP contribution is 2.51. The van der Waals surface area contributed by atoms with Gasteiger partial charge in [0.1, 0.15) is 0 Å². The van der Waals surface area contributed by atoms with Crippen LogP contribution >= 0.6 is 0 Å². The lowest BCUT2D eigenvalue weighted by Gasteiger charge is -2.22. The molecule has 1 saturated carbocycles. The molecule has 0 spiro atoms. The van der Waals surface area contributed by atoms with E-state index in [9.17, 15) is 4.79 Å². The summed E-state index contributed by atoms with van der Waals surface area (Å²) >= 11 is 0. The van der Waals surface area contributed by atoms with Gasteiger partial charge in [-0.25, -0.2) is 0 Å². The summed E-state index contributed by atoms with van der Waals surface area (Å²) in [5.74, 6) is 2.17. The average Bonchev–Trinajstić information content (AvgIpc) is 3.20. The molecule has 1 amide bonds. The molecule has 1 aliphatic heterocycles. The monoisotopic (exact) mass is 462 g/mol. The van der Waals surface area contributed by atoms with E-state index in [0.717, 1.165) is 59.3 Å². The van der Waals surface area contributed by atoms with Gasteiger partial charge < -0.3 is 19.8 Å². The molecule has 6 rings (SSSR count). The highest BCUT2D eigenvalue weighted by Gasteiger charge is 2.51. The van der Waals surface area contributed by atoms with Crippen molar-refractivity contribution in [2.75, 3.05) is 12.1 Å². The van der Waals surface area contributed by atoms with Gasteiger partial charge in [-0.1, -0.05) is 25.1 Å². The molecular formula is C25H30N6O3. The molecule has 9 heteroatoms. The van der Waals surface area contributed by atoms with Crippen LogP contribution in [0.5, 0.6) is 11.5 Å². The van der Waals surface area contributed by atoms with Gasteiger partial charge in [-0.3, -0.25) is 4.79 Å². The molecule has 178 valence electrons. The summed E-state index contributed by atoms with van der Waals surface area (Å²) in [7, 11) is 0. The number of carbonyl (C=O) groups is 1. The molecule has 4 aromatic rings. The minimum absolute atomic E-state index is 0. The quantitative estimate of drug-likeness (QED) is 0.373. The van der Waals surface area contributed by atoms with E-state index in [0.29, 0.717) is 11.6 Å². The lowest BCUT2D eigenvalue weighted by Crippen LogP contribution is -2.27. The zero-order valence-electron chi connectivity index (χ0n) is 19.1. The normalized spacial score (nSPS) is 16.1. The maximum absolute atomic E-state index is 13.3. The standard InChI is InChI=1S/C25H26N6O3.2H2/c1-24(2,8-7-22-28-30-31-29-22)21-12-15-11-17(4-5-18(15)27-21)26-23(32)25(9-10-25)16-3-6-19-20(13-16)34-14-33-19;;/h3-6,11-13,27H,7-10,14H2,1-2H3,(H,26,32)(H,28,29,30,31);2*1H. The van der Waals surface area contributed by atoms with Crippen LogP contribution in [0.1, 0.15) is 53.0 Å². The first-order valence-electron chi connectivity index (χ1n) is 11.5. The first-order chi connectivity index (χ1) is 16.4. The van der Waals surface area contributed by atoms with Crippen LogP contribution in [0.15, 0.2) is 42.5 Å². The number of nitrogens with one attached hydrogen (secondary N) is 3. The SMILES string of the molecule is CC(C)(CCc1nn[nH]n1)c1cc2cc(NC(=O)C3(c4ccc5c(c4)OCO5)CC3)ccc2[nH]1.[HH].[HH]. The van der Waals surface area contributed by atoms with Crippen molar-refractivity contribution in [1.29, 1.82) is 0 Å². The number of tetrazole rings is 1. The Morgan fingerprint density at radius 3 is 2.79 bits per heavy atom. The van der Waals surface area contributed by atoms with Crippen LogP contribution < -0.4 is 14.8 Å². The number of ether oxygens (including phenoxy) is 2. The summed E-state index contributed by atoms with van der Waals surface area (Å²) in [4.78, 5) is 16.8. The van der Waals surface area contributed by atoms with Gasteiger partial charge in [0.15, 0.2) is 17.3 Å². The Labute approximate surface area is 199 Å². The maximum Gasteiger partial charge on any atom is 0.235 e. The molecular weight excluding hydrogens is 432 g/mol. The van der Waals surface area contributed by atoms with Crippen molar-refractivity contribution in [3.63, 3.8) is 0 Å². The van der Waals surface area contributed by atoms with Crippen molar-refractivity contribution >= 4 is 22.5 Å². The molecule has 34 heavy (non-hydrogen) atoms. The Morgan fingerprint density at radius 2 is 2.00 bits per heavy atom. The van der Waals surface area contributed by atoms with Gasteiger partial charge in [0, 0.05) is 37.0 Å². The third-order valence-corrected chi connectivity index (χ3v) is 7.08. The molecule has 1 fully saturated rings. The van der Waals surface area contributed by atoms with E-state index in [1.165, 1.54) is 0 Å². The summed E-state index contributed by atoms with van der Waals surface area (Å²) < 4.78 is 10.9. The maximum atomic E-state index is 13.3. The van der Waals surface area contributed by atoms with Crippen LogP contribution in [0.4, 0.5) is 5.69 Å². The second-order valence-corrected chi connectivity index (χ2v) is 9.80. The first-order valence-corrected chi connectivity index (χ1v) is 11.5. The molecule has 9 nitrogen and oxygen atoms in total. The van der Waals surface area contributed by atoms with E-state index in [2.05, 4.69) is 50.8 Å². The first kappa shape index (κ1) is 20.7. The minimum atomic E-state index is -0.504. The number of benzene rings is 2. The second kappa shape index (κ2) is 7.58. The van der Waals surface area contributed by atoms with Crippen LogP contribution in [-0.2, 0) is 22.0 Å². The number of amides is 1. The fraction of sp³-hybridized carbons (Fsp3) is 0.360. The third kappa shape index (κ3) is 3.57. The number of hydrogen-bond acceptors (Lipinski definition) is 6. The molecule has 2 aromatic heterocycles. The van der Waals surface area contributed by atoms with Gasteiger partial charge >= 0.3 is 0 Å². The van der Waals surface area contributed by atoms with Crippen molar-refractivity contribution in [3.8, 4) is 11.5 Å². The smallest absolute Gasteiger partial charge is 0.235 e. The van der Waals surface area contributed by atoms with Gasteiger partial charge in [0.05, 0.1) is 5.41 Å². The Bertz CT molecular complexity index is 1380.